The van der Waals surface area contributed by atoms with Crippen molar-refractivity contribution < 1.29 is 4.79 Å². The third-order valence-corrected chi connectivity index (χ3v) is 1.50. The highest BCUT2D eigenvalue weighted by Gasteiger charge is 2.23. The Labute approximate surface area is 54.3 Å². The molecule has 0 spiro atoms. The van der Waals surface area contributed by atoms with E-state index >= 15 is 0 Å². The number of carbonyl (C=O) groups excluding carboxylic acids is 1. The Morgan fingerprint density at radius 2 is 2.44 bits per heavy atom. The third kappa shape index (κ3) is 1.82. The van der Waals surface area contributed by atoms with E-state index in [1.807, 2.05) is 0 Å². The zero-order chi connectivity index (χ0) is 6.69. The average molecular weight is 123 g/mol. The van der Waals surface area contributed by atoms with Gasteiger partial charge in [-0.3, -0.25) is 0 Å². The molecule has 0 aromatic carbocycles. The summed E-state index contributed by atoms with van der Waals surface area (Å²) in [5, 5.41) is 0. The fraction of sp³-hybridized carbons (Fsp3) is 0.571. The minimum atomic E-state index is 0.480. The van der Waals surface area contributed by atoms with Gasteiger partial charge in [0.05, 0.1) is 6.54 Å². The maximum absolute atomic E-state index is 9.62. The summed E-state index contributed by atoms with van der Waals surface area (Å²) in [5.41, 5.74) is 1.08. The SMILES string of the molecule is C=C(CN=C=O)C1CC1. The van der Waals surface area contributed by atoms with Gasteiger partial charge in [0.15, 0.2) is 0 Å². The molecule has 0 aromatic heterocycles. The normalized spacial score (nSPS) is 16.4. The van der Waals surface area contributed by atoms with E-state index in [1.165, 1.54) is 18.9 Å². The zero-order valence-electron chi connectivity index (χ0n) is 5.26. The monoisotopic (exact) mass is 123 g/mol. The highest BCUT2D eigenvalue weighted by atomic mass is 16.1. The Hall–Kier alpha value is -0.880. The molecule has 1 saturated carbocycles. The van der Waals surface area contributed by atoms with Crippen LogP contribution in [-0.2, 0) is 4.79 Å². The van der Waals surface area contributed by atoms with Crippen LogP contribution in [0.5, 0.6) is 0 Å². The molecule has 0 radical (unpaired) electrons. The van der Waals surface area contributed by atoms with Crippen molar-refractivity contribution in [3.05, 3.63) is 12.2 Å². The van der Waals surface area contributed by atoms with E-state index in [2.05, 4.69) is 11.6 Å². The summed E-state index contributed by atoms with van der Waals surface area (Å²) in [6, 6.07) is 0. The van der Waals surface area contributed by atoms with Crippen LogP contribution in [0.2, 0.25) is 0 Å². The smallest absolute Gasteiger partial charge is 0.211 e. The van der Waals surface area contributed by atoms with Crippen molar-refractivity contribution in [1.29, 1.82) is 0 Å². The highest BCUT2D eigenvalue weighted by Crippen LogP contribution is 2.35. The summed E-state index contributed by atoms with van der Waals surface area (Å²) < 4.78 is 0. The second kappa shape index (κ2) is 2.60. The molecule has 0 aliphatic heterocycles. The quantitative estimate of drug-likeness (QED) is 0.316. The molecule has 0 aromatic rings. The average Bonchev–Trinajstić information content (AvgIpc) is 2.63. The van der Waals surface area contributed by atoms with Crippen molar-refractivity contribution in [2.75, 3.05) is 6.54 Å². The van der Waals surface area contributed by atoms with Crippen LogP contribution in [0.1, 0.15) is 12.8 Å². The van der Waals surface area contributed by atoms with Gasteiger partial charge in [0.2, 0.25) is 6.08 Å². The first-order valence-corrected chi connectivity index (χ1v) is 3.06. The number of hydrogen-bond acceptors (Lipinski definition) is 2. The van der Waals surface area contributed by atoms with Gasteiger partial charge in [0, 0.05) is 0 Å². The van der Waals surface area contributed by atoms with Crippen molar-refractivity contribution in [1.82, 2.24) is 0 Å². The summed E-state index contributed by atoms with van der Waals surface area (Å²) in [5.74, 6) is 0.655. The van der Waals surface area contributed by atoms with Gasteiger partial charge in [-0.1, -0.05) is 12.2 Å². The molecular weight excluding hydrogens is 114 g/mol. The first-order chi connectivity index (χ1) is 4.34. The molecule has 0 N–H and O–H groups in total. The van der Waals surface area contributed by atoms with Crippen LogP contribution in [0.25, 0.3) is 0 Å². The lowest BCUT2D eigenvalue weighted by atomic mass is 10.2. The van der Waals surface area contributed by atoms with Gasteiger partial charge >= 0.3 is 0 Å². The number of nitrogens with zero attached hydrogens (tertiary/aromatic N) is 1. The molecule has 1 aliphatic carbocycles. The Bertz CT molecular complexity index is 164. The van der Waals surface area contributed by atoms with Crippen LogP contribution in [0.3, 0.4) is 0 Å². The zero-order valence-corrected chi connectivity index (χ0v) is 5.26. The molecule has 1 rings (SSSR count). The fourth-order valence-corrected chi connectivity index (χ4v) is 0.755. The summed E-state index contributed by atoms with van der Waals surface area (Å²) in [7, 11) is 0. The maximum atomic E-state index is 9.62. The van der Waals surface area contributed by atoms with E-state index in [9.17, 15) is 4.79 Å². The van der Waals surface area contributed by atoms with Gasteiger partial charge < -0.3 is 0 Å². The number of isocyanates is 1. The molecule has 0 heterocycles. The van der Waals surface area contributed by atoms with Gasteiger partial charge in [0.25, 0.3) is 0 Å². The summed E-state index contributed by atoms with van der Waals surface area (Å²) >= 11 is 0. The lowest BCUT2D eigenvalue weighted by molar-refractivity contribution is 0.563. The van der Waals surface area contributed by atoms with Crippen molar-refractivity contribution in [3.8, 4) is 0 Å². The van der Waals surface area contributed by atoms with Crippen LogP contribution in [-0.4, -0.2) is 12.6 Å². The predicted octanol–water partition coefficient (Wildman–Crippen LogP) is 1.29. The third-order valence-electron chi connectivity index (χ3n) is 1.50. The van der Waals surface area contributed by atoms with E-state index in [4.69, 9.17) is 0 Å². The van der Waals surface area contributed by atoms with E-state index in [0.717, 1.165) is 5.57 Å². The van der Waals surface area contributed by atoms with Crippen LogP contribution >= 0.6 is 0 Å². The summed E-state index contributed by atoms with van der Waals surface area (Å²) in [6.07, 6.45) is 3.95. The second-order valence-electron chi connectivity index (χ2n) is 2.34. The lowest BCUT2D eigenvalue weighted by Gasteiger charge is -1.92. The summed E-state index contributed by atoms with van der Waals surface area (Å²) in [4.78, 5) is 13.0. The molecule has 0 amide bonds. The van der Waals surface area contributed by atoms with Gasteiger partial charge in [-0.2, -0.15) is 0 Å². The topological polar surface area (TPSA) is 29.4 Å². The Balaban J connectivity index is 2.25. The van der Waals surface area contributed by atoms with Crippen molar-refractivity contribution >= 4 is 6.08 Å². The minimum Gasteiger partial charge on any atom is -0.211 e. The molecule has 0 saturated heterocycles. The van der Waals surface area contributed by atoms with Crippen molar-refractivity contribution in [2.45, 2.75) is 12.8 Å². The van der Waals surface area contributed by atoms with Crippen LogP contribution < -0.4 is 0 Å². The largest absolute Gasteiger partial charge is 0.235 e. The molecule has 48 valence electrons. The van der Waals surface area contributed by atoms with Gasteiger partial charge in [-0.25, -0.2) is 9.79 Å². The van der Waals surface area contributed by atoms with Crippen LogP contribution in [0, 0.1) is 5.92 Å². The number of aliphatic imine (C=N–C) groups is 1. The van der Waals surface area contributed by atoms with E-state index in [1.54, 1.807) is 0 Å². The molecule has 1 aliphatic rings. The molecule has 0 bridgehead atoms. The summed E-state index contributed by atoms with van der Waals surface area (Å²) in [6.45, 7) is 4.26. The first-order valence-electron chi connectivity index (χ1n) is 3.06. The molecule has 0 unspecified atom stereocenters. The van der Waals surface area contributed by atoms with Crippen LogP contribution in [0.15, 0.2) is 17.1 Å². The minimum absolute atomic E-state index is 0.480. The molecular formula is C7H9NO. The Morgan fingerprint density at radius 3 is 2.89 bits per heavy atom. The maximum Gasteiger partial charge on any atom is 0.235 e. The van der Waals surface area contributed by atoms with Crippen molar-refractivity contribution in [2.24, 2.45) is 10.9 Å². The van der Waals surface area contributed by atoms with Crippen molar-refractivity contribution in [3.63, 3.8) is 0 Å². The predicted molar refractivity (Wildman–Crippen MR) is 34.9 cm³/mol. The molecule has 2 nitrogen and oxygen atoms in total. The number of rotatable bonds is 3. The standard InChI is InChI=1S/C7H9NO/c1-6(4-8-5-9)7-2-3-7/h7H,1-4H2. The Morgan fingerprint density at radius 1 is 1.78 bits per heavy atom. The van der Waals surface area contributed by atoms with E-state index in [-0.39, 0.29) is 0 Å². The lowest BCUT2D eigenvalue weighted by Crippen LogP contribution is -1.87. The molecule has 9 heavy (non-hydrogen) atoms. The van der Waals surface area contributed by atoms with Gasteiger partial charge in [0.1, 0.15) is 0 Å². The highest BCUT2D eigenvalue weighted by molar-refractivity contribution is 5.34. The Kier molecular flexibility index (Phi) is 1.81. The molecule has 0 atom stereocenters. The fourth-order valence-electron chi connectivity index (χ4n) is 0.755. The van der Waals surface area contributed by atoms with E-state index < -0.39 is 0 Å². The first kappa shape index (κ1) is 6.24. The van der Waals surface area contributed by atoms with E-state index in [0.29, 0.717) is 12.5 Å². The van der Waals surface area contributed by atoms with Crippen LogP contribution in [0.4, 0.5) is 0 Å². The molecule has 1 fully saturated rings. The van der Waals surface area contributed by atoms with Gasteiger partial charge in [-0.15, -0.1) is 0 Å². The number of hydrogen-bond donors (Lipinski definition) is 0. The van der Waals surface area contributed by atoms with Gasteiger partial charge in [-0.05, 0) is 18.8 Å². The molecule has 2 heteroatoms. The second-order valence-corrected chi connectivity index (χ2v) is 2.34.